The molecule has 6 heteroatoms. The van der Waals surface area contributed by atoms with Crippen LogP contribution in [0.1, 0.15) is 24.0 Å². The van der Waals surface area contributed by atoms with E-state index in [1.807, 2.05) is 4.90 Å². The molecule has 132 valence electrons. The minimum Gasteiger partial charge on any atom is -0.426 e. The molecular weight excluding hydrogens is 331 g/mol. The van der Waals surface area contributed by atoms with Crippen LogP contribution in [0.2, 0.25) is 0 Å². The molecule has 0 aromatic heterocycles. The number of hydrogen-bond acceptors (Lipinski definition) is 3. The average molecular weight is 349 g/mol. The lowest BCUT2D eigenvalue weighted by molar-refractivity contribution is -0.138. The van der Waals surface area contributed by atoms with E-state index in [0.29, 0.717) is 17.0 Å². The number of esters is 1. The van der Waals surface area contributed by atoms with Crippen molar-refractivity contribution in [3.8, 4) is 5.75 Å². The van der Waals surface area contributed by atoms with Crippen LogP contribution in [0.3, 0.4) is 0 Å². The molecule has 3 nitrogen and oxygen atoms in total. The van der Waals surface area contributed by atoms with Gasteiger partial charge in [-0.25, -0.2) is 0 Å². The van der Waals surface area contributed by atoms with Gasteiger partial charge in [-0.2, -0.15) is 13.2 Å². The van der Waals surface area contributed by atoms with E-state index in [0.717, 1.165) is 38.1 Å². The van der Waals surface area contributed by atoms with E-state index in [1.54, 1.807) is 36.4 Å². The molecule has 1 saturated heterocycles. The Balaban J connectivity index is 1.81. The number of ether oxygens (including phenoxy) is 1. The lowest BCUT2D eigenvalue weighted by atomic mass is 10.1. The topological polar surface area (TPSA) is 29.5 Å². The molecule has 2 aromatic rings. The summed E-state index contributed by atoms with van der Waals surface area (Å²) in [6.45, 7) is 1.46. The van der Waals surface area contributed by atoms with Gasteiger partial charge in [0.05, 0.1) is 12.0 Å². The molecule has 0 bridgehead atoms. The molecule has 0 aliphatic carbocycles. The van der Waals surface area contributed by atoms with Crippen LogP contribution in [0.15, 0.2) is 48.5 Å². The quantitative estimate of drug-likeness (QED) is 0.603. The van der Waals surface area contributed by atoms with E-state index in [-0.39, 0.29) is 6.42 Å². The van der Waals surface area contributed by atoms with Crippen molar-refractivity contribution in [3.63, 3.8) is 0 Å². The second-order valence-corrected chi connectivity index (χ2v) is 6.04. The molecule has 0 spiro atoms. The van der Waals surface area contributed by atoms with Crippen molar-refractivity contribution in [1.29, 1.82) is 0 Å². The van der Waals surface area contributed by atoms with Crippen LogP contribution in [0.25, 0.3) is 0 Å². The standard InChI is InChI=1S/C19H18F3NO2/c20-19(21,22)15-10-14(11-16(13-15)23-8-4-5-9-23)12-18(24)25-17-6-2-1-3-7-17/h1-3,6-7,10-11,13H,4-5,8-9,12H2. The van der Waals surface area contributed by atoms with Crippen molar-refractivity contribution in [3.05, 3.63) is 59.7 Å². The fourth-order valence-corrected chi connectivity index (χ4v) is 2.92. The summed E-state index contributed by atoms with van der Waals surface area (Å²) in [4.78, 5) is 14.0. The average Bonchev–Trinajstić information content (AvgIpc) is 3.09. The summed E-state index contributed by atoms with van der Waals surface area (Å²) in [5.74, 6) is -0.211. The predicted octanol–water partition coefficient (Wildman–Crippen LogP) is 4.45. The Bertz CT molecular complexity index is 738. The molecule has 0 unspecified atom stereocenters. The first kappa shape index (κ1) is 17.3. The van der Waals surface area contributed by atoms with Gasteiger partial charge in [-0.15, -0.1) is 0 Å². The molecule has 0 radical (unpaired) electrons. The molecule has 0 atom stereocenters. The van der Waals surface area contributed by atoms with Crippen molar-refractivity contribution >= 4 is 11.7 Å². The molecular formula is C19H18F3NO2. The first-order valence-electron chi connectivity index (χ1n) is 8.14. The Kier molecular flexibility index (Phi) is 4.97. The number of alkyl halides is 3. The summed E-state index contributed by atoms with van der Waals surface area (Å²) in [5, 5.41) is 0. The molecule has 1 fully saturated rings. The minimum atomic E-state index is -4.45. The molecule has 3 rings (SSSR count). The van der Waals surface area contributed by atoms with E-state index in [1.165, 1.54) is 0 Å². The van der Waals surface area contributed by atoms with E-state index in [4.69, 9.17) is 4.74 Å². The molecule has 1 heterocycles. The highest BCUT2D eigenvalue weighted by Gasteiger charge is 2.32. The van der Waals surface area contributed by atoms with Crippen LogP contribution in [0.4, 0.5) is 18.9 Å². The fourth-order valence-electron chi connectivity index (χ4n) is 2.92. The second kappa shape index (κ2) is 7.17. The molecule has 25 heavy (non-hydrogen) atoms. The largest absolute Gasteiger partial charge is 0.426 e. The maximum Gasteiger partial charge on any atom is 0.416 e. The Morgan fingerprint density at radius 2 is 1.72 bits per heavy atom. The monoisotopic (exact) mass is 349 g/mol. The van der Waals surface area contributed by atoms with Gasteiger partial charge in [0.2, 0.25) is 0 Å². The van der Waals surface area contributed by atoms with Gasteiger partial charge in [-0.1, -0.05) is 18.2 Å². The van der Waals surface area contributed by atoms with Crippen LogP contribution < -0.4 is 9.64 Å². The molecule has 2 aromatic carbocycles. The number of halogens is 3. The van der Waals surface area contributed by atoms with Crippen LogP contribution in [0.5, 0.6) is 5.75 Å². The van der Waals surface area contributed by atoms with Crippen LogP contribution in [-0.4, -0.2) is 19.1 Å². The maximum absolute atomic E-state index is 13.2. The van der Waals surface area contributed by atoms with Gasteiger partial charge in [0.1, 0.15) is 5.75 Å². The zero-order valence-electron chi connectivity index (χ0n) is 13.6. The zero-order valence-corrected chi connectivity index (χ0v) is 13.6. The van der Waals surface area contributed by atoms with E-state index in [9.17, 15) is 18.0 Å². The third kappa shape index (κ3) is 4.53. The minimum absolute atomic E-state index is 0.209. The number of anilines is 1. The number of nitrogens with zero attached hydrogens (tertiary/aromatic N) is 1. The third-order valence-electron chi connectivity index (χ3n) is 4.10. The summed E-state index contributed by atoms with van der Waals surface area (Å²) < 4.78 is 44.7. The Morgan fingerprint density at radius 1 is 1.04 bits per heavy atom. The van der Waals surface area contributed by atoms with Crippen LogP contribution in [0, 0.1) is 0 Å². The van der Waals surface area contributed by atoms with Crippen molar-refractivity contribution in [2.45, 2.75) is 25.4 Å². The smallest absolute Gasteiger partial charge is 0.416 e. The van der Waals surface area contributed by atoms with Gasteiger partial charge in [-0.05, 0) is 48.7 Å². The summed E-state index contributed by atoms with van der Waals surface area (Å²) in [7, 11) is 0. The van der Waals surface area contributed by atoms with Gasteiger partial charge >= 0.3 is 12.1 Å². The molecule has 1 aliphatic heterocycles. The number of carbonyl (C=O) groups is 1. The maximum atomic E-state index is 13.2. The summed E-state index contributed by atoms with van der Waals surface area (Å²) in [5.41, 5.74) is 0.0758. The second-order valence-electron chi connectivity index (χ2n) is 6.04. The van der Waals surface area contributed by atoms with Crippen molar-refractivity contribution in [2.24, 2.45) is 0 Å². The van der Waals surface area contributed by atoms with Crippen molar-refractivity contribution < 1.29 is 22.7 Å². The Labute approximate surface area is 144 Å². The van der Waals surface area contributed by atoms with Crippen LogP contribution >= 0.6 is 0 Å². The SMILES string of the molecule is O=C(Cc1cc(N2CCCC2)cc(C(F)(F)F)c1)Oc1ccccc1. The number of para-hydroxylation sites is 1. The normalized spacial score (nSPS) is 14.6. The molecule has 0 N–H and O–H groups in total. The fraction of sp³-hybridized carbons (Fsp3) is 0.316. The predicted molar refractivity (Wildman–Crippen MR) is 88.7 cm³/mol. The Morgan fingerprint density at radius 3 is 2.36 bits per heavy atom. The zero-order chi connectivity index (χ0) is 17.9. The summed E-state index contributed by atoms with van der Waals surface area (Å²) in [6, 6.07) is 12.3. The van der Waals surface area contributed by atoms with Gasteiger partial charge < -0.3 is 9.64 Å². The van der Waals surface area contributed by atoms with E-state index < -0.39 is 17.7 Å². The highest BCUT2D eigenvalue weighted by molar-refractivity contribution is 5.75. The lowest BCUT2D eigenvalue weighted by Crippen LogP contribution is -2.20. The van der Waals surface area contributed by atoms with Gasteiger partial charge in [-0.3, -0.25) is 4.79 Å². The van der Waals surface area contributed by atoms with Crippen molar-refractivity contribution in [2.75, 3.05) is 18.0 Å². The molecule has 0 saturated carbocycles. The Hall–Kier alpha value is -2.50. The summed E-state index contributed by atoms with van der Waals surface area (Å²) >= 11 is 0. The van der Waals surface area contributed by atoms with Crippen molar-refractivity contribution in [1.82, 2.24) is 0 Å². The molecule has 1 aliphatic rings. The first-order valence-corrected chi connectivity index (χ1v) is 8.14. The van der Waals surface area contributed by atoms with Crippen LogP contribution in [-0.2, 0) is 17.4 Å². The number of rotatable bonds is 4. The summed E-state index contributed by atoms with van der Waals surface area (Å²) in [6.07, 6.45) is -2.74. The molecule has 0 amide bonds. The lowest BCUT2D eigenvalue weighted by Gasteiger charge is -2.20. The van der Waals surface area contributed by atoms with Gasteiger partial charge in [0.25, 0.3) is 0 Å². The number of hydrogen-bond donors (Lipinski definition) is 0. The third-order valence-corrected chi connectivity index (χ3v) is 4.10. The van der Waals surface area contributed by atoms with E-state index in [2.05, 4.69) is 0 Å². The number of benzene rings is 2. The van der Waals surface area contributed by atoms with E-state index >= 15 is 0 Å². The first-order chi connectivity index (χ1) is 11.9. The highest BCUT2D eigenvalue weighted by atomic mass is 19.4. The highest BCUT2D eigenvalue weighted by Crippen LogP contribution is 2.34. The van der Waals surface area contributed by atoms with Gasteiger partial charge in [0.15, 0.2) is 0 Å². The number of carbonyl (C=O) groups excluding carboxylic acids is 1. The van der Waals surface area contributed by atoms with Gasteiger partial charge in [0, 0.05) is 18.8 Å².